The molecule has 2 aromatic heterocycles. The van der Waals surface area contributed by atoms with Gasteiger partial charge in [-0.05, 0) is 25.8 Å². The lowest BCUT2D eigenvalue weighted by Crippen LogP contribution is -2.00. The molecule has 3 rings (SSSR count). The fourth-order valence-electron chi connectivity index (χ4n) is 2.52. The summed E-state index contributed by atoms with van der Waals surface area (Å²) in [6.45, 7) is 6.59. The zero-order valence-corrected chi connectivity index (χ0v) is 13.2. The van der Waals surface area contributed by atoms with Crippen molar-refractivity contribution in [1.29, 1.82) is 0 Å². The highest BCUT2D eigenvalue weighted by molar-refractivity contribution is 5.50. The van der Waals surface area contributed by atoms with Crippen LogP contribution in [-0.4, -0.2) is 19.7 Å². The van der Waals surface area contributed by atoms with Crippen LogP contribution in [-0.2, 0) is 19.4 Å². The molecule has 0 bridgehead atoms. The van der Waals surface area contributed by atoms with E-state index in [0.717, 1.165) is 42.5 Å². The first-order valence-electron chi connectivity index (χ1n) is 7.59. The molecule has 0 fully saturated rings. The van der Waals surface area contributed by atoms with Crippen LogP contribution in [0.1, 0.15) is 29.9 Å². The van der Waals surface area contributed by atoms with Crippen LogP contribution in [0.15, 0.2) is 34.7 Å². The number of nitrogens with zero attached hydrogens (tertiary/aromatic N) is 4. The van der Waals surface area contributed by atoms with Gasteiger partial charge in [-0.25, -0.2) is 14.6 Å². The van der Waals surface area contributed by atoms with Crippen molar-refractivity contribution in [3.8, 4) is 11.6 Å². The zero-order valence-electron chi connectivity index (χ0n) is 13.2. The lowest BCUT2D eigenvalue weighted by molar-refractivity contribution is 0.522. The van der Waals surface area contributed by atoms with Gasteiger partial charge in [0.2, 0.25) is 0 Å². The molecular weight excluding hydrogens is 276 g/mol. The van der Waals surface area contributed by atoms with E-state index in [-0.39, 0.29) is 0 Å². The standard InChI is InChI=1S/C17H20N4O/c1-4-21-17(16-12(2)18-13(3)22-16)19-15(20-21)11-10-14-8-6-5-7-9-14/h5-9H,4,10-11H2,1-3H3. The summed E-state index contributed by atoms with van der Waals surface area (Å²) in [6, 6.07) is 10.4. The molecule has 2 heterocycles. The maximum atomic E-state index is 5.68. The normalized spacial score (nSPS) is 11.0. The topological polar surface area (TPSA) is 56.7 Å². The number of hydrogen-bond acceptors (Lipinski definition) is 4. The largest absolute Gasteiger partial charge is 0.437 e. The predicted octanol–water partition coefficient (Wildman–Crippen LogP) is 3.36. The molecule has 0 aliphatic rings. The number of rotatable bonds is 5. The quantitative estimate of drug-likeness (QED) is 0.724. The van der Waals surface area contributed by atoms with Gasteiger partial charge in [-0.3, -0.25) is 0 Å². The lowest BCUT2D eigenvalue weighted by atomic mass is 10.1. The Hall–Kier alpha value is -2.43. The molecule has 0 aliphatic carbocycles. The van der Waals surface area contributed by atoms with Gasteiger partial charge in [-0.1, -0.05) is 30.3 Å². The lowest BCUT2D eigenvalue weighted by Gasteiger charge is -1.99. The average molecular weight is 296 g/mol. The van der Waals surface area contributed by atoms with Gasteiger partial charge in [0.15, 0.2) is 23.3 Å². The Morgan fingerprint density at radius 3 is 2.45 bits per heavy atom. The summed E-state index contributed by atoms with van der Waals surface area (Å²) < 4.78 is 7.57. The second kappa shape index (κ2) is 6.13. The van der Waals surface area contributed by atoms with Crippen LogP contribution in [0.4, 0.5) is 0 Å². The Balaban J connectivity index is 1.84. The Kier molecular flexibility index (Phi) is 4.04. The molecule has 0 spiro atoms. The van der Waals surface area contributed by atoms with E-state index >= 15 is 0 Å². The summed E-state index contributed by atoms with van der Waals surface area (Å²) in [7, 11) is 0. The second-order valence-electron chi connectivity index (χ2n) is 5.30. The summed E-state index contributed by atoms with van der Waals surface area (Å²) in [5.74, 6) is 2.99. The van der Waals surface area contributed by atoms with Crippen molar-refractivity contribution < 1.29 is 4.42 Å². The molecule has 0 unspecified atom stereocenters. The first kappa shape index (κ1) is 14.5. The van der Waals surface area contributed by atoms with Crippen molar-refractivity contribution >= 4 is 0 Å². The molecule has 0 radical (unpaired) electrons. The minimum absolute atomic E-state index is 0.656. The van der Waals surface area contributed by atoms with Crippen molar-refractivity contribution in [3.63, 3.8) is 0 Å². The highest BCUT2D eigenvalue weighted by atomic mass is 16.4. The first-order valence-corrected chi connectivity index (χ1v) is 7.59. The van der Waals surface area contributed by atoms with E-state index in [0.29, 0.717) is 5.89 Å². The van der Waals surface area contributed by atoms with Crippen LogP contribution in [0.2, 0.25) is 0 Å². The van der Waals surface area contributed by atoms with E-state index in [1.807, 2.05) is 24.6 Å². The minimum atomic E-state index is 0.656. The third-order valence-corrected chi connectivity index (χ3v) is 3.60. The van der Waals surface area contributed by atoms with Crippen LogP contribution < -0.4 is 0 Å². The van der Waals surface area contributed by atoms with Gasteiger partial charge < -0.3 is 4.42 Å². The van der Waals surface area contributed by atoms with Gasteiger partial charge >= 0.3 is 0 Å². The molecule has 5 heteroatoms. The van der Waals surface area contributed by atoms with E-state index in [4.69, 9.17) is 4.42 Å². The predicted molar refractivity (Wildman–Crippen MR) is 84.5 cm³/mol. The molecule has 0 amide bonds. The molecule has 0 aliphatic heterocycles. The van der Waals surface area contributed by atoms with Crippen LogP contribution in [0, 0.1) is 13.8 Å². The van der Waals surface area contributed by atoms with Crippen LogP contribution in [0.5, 0.6) is 0 Å². The molecule has 3 aromatic rings. The Labute approximate surface area is 130 Å². The summed E-state index contributed by atoms with van der Waals surface area (Å²) in [5.41, 5.74) is 2.15. The van der Waals surface area contributed by atoms with Crippen LogP contribution in [0.25, 0.3) is 11.6 Å². The van der Waals surface area contributed by atoms with Crippen LogP contribution >= 0.6 is 0 Å². The highest BCUT2D eigenvalue weighted by Crippen LogP contribution is 2.23. The molecule has 22 heavy (non-hydrogen) atoms. The number of hydrogen-bond donors (Lipinski definition) is 0. The van der Waals surface area contributed by atoms with Gasteiger partial charge in [0, 0.05) is 19.9 Å². The maximum Gasteiger partial charge on any atom is 0.196 e. The fourth-order valence-corrected chi connectivity index (χ4v) is 2.52. The monoisotopic (exact) mass is 296 g/mol. The fraction of sp³-hybridized carbons (Fsp3) is 0.353. The number of aryl methyl sites for hydroxylation is 5. The summed E-state index contributed by atoms with van der Waals surface area (Å²) in [5, 5.41) is 4.59. The van der Waals surface area contributed by atoms with E-state index in [2.05, 4.69) is 46.3 Å². The number of oxazole rings is 1. The molecule has 0 atom stereocenters. The van der Waals surface area contributed by atoms with Crippen molar-refractivity contribution in [2.75, 3.05) is 0 Å². The van der Waals surface area contributed by atoms with E-state index < -0.39 is 0 Å². The molecule has 1 aromatic carbocycles. The van der Waals surface area contributed by atoms with Crippen molar-refractivity contribution in [2.24, 2.45) is 0 Å². The zero-order chi connectivity index (χ0) is 15.5. The summed E-state index contributed by atoms with van der Waals surface area (Å²) >= 11 is 0. The highest BCUT2D eigenvalue weighted by Gasteiger charge is 2.18. The molecule has 0 saturated heterocycles. The van der Waals surface area contributed by atoms with Gasteiger partial charge in [-0.2, -0.15) is 5.10 Å². The van der Waals surface area contributed by atoms with Gasteiger partial charge in [0.25, 0.3) is 0 Å². The summed E-state index contributed by atoms with van der Waals surface area (Å²) in [4.78, 5) is 8.98. The molecule has 0 N–H and O–H groups in total. The van der Waals surface area contributed by atoms with E-state index in [1.54, 1.807) is 0 Å². The van der Waals surface area contributed by atoms with E-state index in [9.17, 15) is 0 Å². The molecule has 5 nitrogen and oxygen atoms in total. The van der Waals surface area contributed by atoms with Crippen molar-refractivity contribution in [2.45, 2.75) is 40.2 Å². The average Bonchev–Trinajstić information content (AvgIpc) is 3.08. The molecule has 114 valence electrons. The molecular formula is C17H20N4O. The second-order valence-corrected chi connectivity index (χ2v) is 5.30. The number of benzene rings is 1. The Morgan fingerprint density at radius 2 is 1.82 bits per heavy atom. The van der Waals surface area contributed by atoms with Crippen molar-refractivity contribution in [3.05, 3.63) is 53.3 Å². The Bertz CT molecular complexity index is 758. The Morgan fingerprint density at radius 1 is 1.05 bits per heavy atom. The smallest absolute Gasteiger partial charge is 0.196 e. The van der Waals surface area contributed by atoms with E-state index in [1.165, 1.54) is 5.56 Å². The van der Waals surface area contributed by atoms with Crippen molar-refractivity contribution in [1.82, 2.24) is 19.7 Å². The maximum absolute atomic E-state index is 5.68. The van der Waals surface area contributed by atoms with Gasteiger partial charge in [0.05, 0.1) is 5.69 Å². The SMILES string of the molecule is CCn1nc(CCc2ccccc2)nc1-c1oc(C)nc1C. The first-order chi connectivity index (χ1) is 10.7. The third kappa shape index (κ3) is 2.93. The number of aromatic nitrogens is 4. The minimum Gasteiger partial charge on any atom is -0.437 e. The summed E-state index contributed by atoms with van der Waals surface area (Å²) in [6.07, 6.45) is 1.75. The third-order valence-electron chi connectivity index (χ3n) is 3.60. The van der Waals surface area contributed by atoms with Gasteiger partial charge in [0.1, 0.15) is 0 Å². The molecule has 0 saturated carbocycles. The van der Waals surface area contributed by atoms with Gasteiger partial charge in [-0.15, -0.1) is 0 Å². The van der Waals surface area contributed by atoms with Crippen LogP contribution in [0.3, 0.4) is 0 Å².